The van der Waals surface area contributed by atoms with Crippen LogP contribution in [-0.4, -0.2) is 17.1 Å². The normalized spacial score (nSPS) is 21.4. The maximum absolute atomic E-state index is 11.4. The monoisotopic (exact) mass is 279 g/mol. The van der Waals surface area contributed by atoms with E-state index in [2.05, 4.69) is 5.32 Å². The number of halogens is 1. The van der Waals surface area contributed by atoms with Crippen molar-refractivity contribution in [3.63, 3.8) is 0 Å². The van der Waals surface area contributed by atoms with Gasteiger partial charge in [0.05, 0.1) is 5.92 Å². The molecule has 2 unspecified atom stereocenters. The van der Waals surface area contributed by atoms with Crippen LogP contribution in [0.3, 0.4) is 0 Å². The molecule has 0 bridgehead atoms. The first-order valence-corrected chi connectivity index (χ1v) is 6.75. The van der Waals surface area contributed by atoms with Crippen molar-refractivity contribution in [1.82, 2.24) is 0 Å². The highest BCUT2D eigenvalue weighted by Gasteiger charge is 2.38. The van der Waals surface area contributed by atoms with E-state index < -0.39 is 12.0 Å². The number of hydrogen-bond acceptors (Lipinski definition) is 3. The third kappa shape index (κ3) is 1.78. The molecule has 3 rings (SSSR count). The molecule has 92 valence electrons. The van der Waals surface area contributed by atoms with E-state index in [0.717, 1.165) is 16.1 Å². The molecule has 1 aliphatic heterocycles. The minimum atomic E-state index is -0.847. The SMILES string of the molecule is O=C(O)C1Nc2ccc(Cl)cc2C1c1cccs1. The summed E-state index contributed by atoms with van der Waals surface area (Å²) in [5.41, 5.74) is 1.81. The van der Waals surface area contributed by atoms with Crippen LogP contribution in [0.1, 0.15) is 16.4 Å². The molecule has 0 amide bonds. The van der Waals surface area contributed by atoms with E-state index in [1.165, 1.54) is 0 Å². The number of fused-ring (bicyclic) bond motifs is 1. The maximum Gasteiger partial charge on any atom is 0.327 e. The van der Waals surface area contributed by atoms with Crippen LogP contribution in [0.25, 0.3) is 0 Å². The lowest BCUT2D eigenvalue weighted by atomic mass is 9.93. The third-order valence-electron chi connectivity index (χ3n) is 3.11. The fraction of sp³-hybridized carbons (Fsp3) is 0.154. The smallest absolute Gasteiger partial charge is 0.327 e. The number of carbonyl (C=O) groups is 1. The predicted octanol–water partition coefficient (Wildman–Crippen LogP) is 3.41. The maximum atomic E-state index is 11.4. The molecule has 1 aliphatic rings. The van der Waals surface area contributed by atoms with Gasteiger partial charge >= 0.3 is 5.97 Å². The van der Waals surface area contributed by atoms with Crippen LogP contribution < -0.4 is 5.32 Å². The first kappa shape index (κ1) is 11.6. The average Bonchev–Trinajstić information content (AvgIpc) is 2.93. The van der Waals surface area contributed by atoms with E-state index in [1.54, 1.807) is 17.4 Å². The van der Waals surface area contributed by atoms with Crippen LogP contribution in [0.5, 0.6) is 0 Å². The van der Waals surface area contributed by atoms with Gasteiger partial charge < -0.3 is 10.4 Å². The molecular formula is C13H10ClNO2S. The molecule has 2 atom stereocenters. The highest BCUT2D eigenvalue weighted by atomic mass is 35.5. The summed E-state index contributed by atoms with van der Waals surface area (Å²) < 4.78 is 0. The second-order valence-corrected chi connectivity index (χ2v) is 5.60. The summed E-state index contributed by atoms with van der Waals surface area (Å²) in [5, 5.41) is 15.0. The highest BCUT2D eigenvalue weighted by molar-refractivity contribution is 7.10. The van der Waals surface area contributed by atoms with E-state index in [-0.39, 0.29) is 5.92 Å². The molecular weight excluding hydrogens is 270 g/mol. The average molecular weight is 280 g/mol. The Bertz CT molecular complexity index is 597. The lowest BCUT2D eigenvalue weighted by Crippen LogP contribution is -2.30. The number of aliphatic carboxylic acids is 1. The summed E-state index contributed by atoms with van der Waals surface area (Å²) in [6, 6.07) is 8.71. The van der Waals surface area contributed by atoms with Crippen molar-refractivity contribution in [1.29, 1.82) is 0 Å². The Labute approximate surface area is 113 Å². The van der Waals surface area contributed by atoms with Crippen molar-refractivity contribution < 1.29 is 9.90 Å². The van der Waals surface area contributed by atoms with Crippen LogP contribution in [0.15, 0.2) is 35.7 Å². The first-order chi connectivity index (χ1) is 8.66. The van der Waals surface area contributed by atoms with Crippen LogP contribution in [0, 0.1) is 0 Å². The summed E-state index contributed by atoms with van der Waals surface area (Å²) >= 11 is 7.57. The molecule has 1 aromatic heterocycles. The fourth-order valence-electron chi connectivity index (χ4n) is 2.34. The molecule has 1 aromatic carbocycles. The topological polar surface area (TPSA) is 49.3 Å². The van der Waals surface area contributed by atoms with Crippen LogP contribution in [-0.2, 0) is 4.79 Å². The Balaban J connectivity index is 2.13. The number of carboxylic acid groups (broad SMARTS) is 1. The lowest BCUT2D eigenvalue weighted by Gasteiger charge is -2.14. The number of carboxylic acids is 1. The lowest BCUT2D eigenvalue weighted by molar-refractivity contribution is -0.138. The Morgan fingerprint density at radius 1 is 1.39 bits per heavy atom. The highest BCUT2D eigenvalue weighted by Crippen LogP contribution is 2.43. The van der Waals surface area contributed by atoms with Crippen LogP contribution in [0.4, 0.5) is 5.69 Å². The number of rotatable bonds is 2. The molecule has 3 nitrogen and oxygen atoms in total. The van der Waals surface area contributed by atoms with Crippen molar-refractivity contribution in [2.24, 2.45) is 0 Å². The number of anilines is 1. The van der Waals surface area contributed by atoms with E-state index >= 15 is 0 Å². The zero-order valence-corrected chi connectivity index (χ0v) is 10.8. The van der Waals surface area contributed by atoms with E-state index in [4.69, 9.17) is 11.6 Å². The van der Waals surface area contributed by atoms with Crippen molar-refractivity contribution in [3.05, 3.63) is 51.2 Å². The van der Waals surface area contributed by atoms with Gasteiger partial charge in [-0.1, -0.05) is 17.7 Å². The predicted molar refractivity (Wildman–Crippen MR) is 72.7 cm³/mol. The molecule has 0 saturated carbocycles. The molecule has 5 heteroatoms. The number of thiophene rings is 1. The van der Waals surface area contributed by atoms with E-state index in [0.29, 0.717) is 5.02 Å². The molecule has 0 radical (unpaired) electrons. The van der Waals surface area contributed by atoms with E-state index in [1.807, 2.05) is 29.6 Å². The third-order valence-corrected chi connectivity index (χ3v) is 4.30. The fourth-order valence-corrected chi connectivity index (χ4v) is 3.40. The second-order valence-electron chi connectivity index (χ2n) is 4.18. The van der Waals surface area contributed by atoms with Gasteiger partial charge in [-0.25, -0.2) is 4.79 Å². The van der Waals surface area contributed by atoms with Crippen LogP contribution in [0.2, 0.25) is 5.02 Å². The Morgan fingerprint density at radius 2 is 2.22 bits per heavy atom. The molecule has 2 aromatic rings. The quantitative estimate of drug-likeness (QED) is 0.886. The Hall–Kier alpha value is -1.52. The molecule has 18 heavy (non-hydrogen) atoms. The van der Waals surface area contributed by atoms with Gasteiger partial charge in [0.1, 0.15) is 6.04 Å². The van der Waals surface area contributed by atoms with Gasteiger partial charge in [-0.3, -0.25) is 0 Å². The largest absolute Gasteiger partial charge is 0.480 e. The summed E-state index contributed by atoms with van der Waals surface area (Å²) in [6.07, 6.45) is 0. The van der Waals surface area contributed by atoms with Crippen LogP contribution >= 0.6 is 22.9 Å². The molecule has 0 saturated heterocycles. The second kappa shape index (κ2) is 4.30. The van der Waals surface area contributed by atoms with Crippen molar-refractivity contribution in [2.75, 3.05) is 5.32 Å². The summed E-state index contributed by atoms with van der Waals surface area (Å²) in [6.45, 7) is 0. The standard InChI is InChI=1S/C13H10ClNO2S/c14-7-3-4-9-8(6-7)11(10-2-1-5-18-10)12(15-9)13(16)17/h1-6,11-12,15H,(H,16,17). The Morgan fingerprint density at radius 3 is 2.89 bits per heavy atom. The van der Waals surface area contributed by atoms with Gasteiger partial charge in [0.15, 0.2) is 0 Å². The number of benzene rings is 1. The summed E-state index contributed by atoms with van der Waals surface area (Å²) in [5.74, 6) is -1.02. The van der Waals surface area contributed by atoms with Gasteiger partial charge in [0, 0.05) is 15.6 Å². The number of hydrogen-bond donors (Lipinski definition) is 2. The van der Waals surface area contributed by atoms with Gasteiger partial charge in [0.2, 0.25) is 0 Å². The Kier molecular flexibility index (Phi) is 2.76. The van der Waals surface area contributed by atoms with E-state index in [9.17, 15) is 9.90 Å². The van der Waals surface area contributed by atoms with Crippen molar-refractivity contribution in [3.8, 4) is 0 Å². The first-order valence-electron chi connectivity index (χ1n) is 5.49. The minimum absolute atomic E-state index is 0.170. The van der Waals surface area contributed by atoms with Gasteiger partial charge in [-0.2, -0.15) is 0 Å². The van der Waals surface area contributed by atoms with Gasteiger partial charge in [-0.05, 0) is 35.2 Å². The van der Waals surface area contributed by atoms with Gasteiger partial charge in [0.25, 0.3) is 0 Å². The minimum Gasteiger partial charge on any atom is -0.480 e. The van der Waals surface area contributed by atoms with Crippen molar-refractivity contribution >= 4 is 34.6 Å². The molecule has 0 fully saturated rings. The molecule has 2 N–H and O–H groups in total. The zero-order valence-electron chi connectivity index (χ0n) is 9.26. The number of nitrogens with one attached hydrogen (secondary N) is 1. The summed E-state index contributed by atoms with van der Waals surface area (Å²) in [4.78, 5) is 12.4. The molecule has 2 heterocycles. The molecule has 0 spiro atoms. The van der Waals surface area contributed by atoms with Gasteiger partial charge in [-0.15, -0.1) is 11.3 Å². The van der Waals surface area contributed by atoms with Crippen molar-refractivity contribution in [2.45, 2.75) is 12.0 Å². The zero-order chi connectivity index (χ0) is 12.7. The molecule has 0 aliphatic carbocycles. The summed E-state index contributed by atoms with van der Waals surface area (Å²) in [7, 11) is 0.